The molecule has 0 heterocycles. The van der Waals surface area contributed by atoms with Gasteiger partial charge < -0.3 is 0 Å². The van der Waals surface area contributed by atoms with Crippen LogP contribution in [0.3, 0.4) is 0 Å². The summed E-state index contributed by atoms with van der Waals surface area (Å²) in [7, 11) is 2.10. The minimum absolute atomic E-state index is 0.190. The van der Waals surface area contributed by atoms with Gasteiger partial charge in [0.15, 0.2) is 11.8 Å². The van der Waals surface area contributed by atoms with E-state index in [1.165, 1.54) is 5.56 Å². The van der Waals surface area contributed by atoms with Crippen LogP contribution < -0.4 is 0 Å². The van der Waals surface area contributed by atoms with Crippen molar-refractivity contribution in [3.05, 3.63) is 35.9 Å². The second kappa shape index (κ2) is 3.73. The first-order valence-electron chi connectivity index (χ1n) is 4.63. The van der Waals surface area contributed by atoms with Gasteiger partial charge in [-0.25, -0.2) is 4.58 Å². The molecule has 0 unspecified atom stereocenters. The lowest BCUT2D eigenvalue weighted by atomic mass is 10.1. The van der Waals surface area contributed by atoms with Crippen molar-refractivity contribution in [3.8, 4) is 0 Å². The second-order valence-electron chi connectivity index (χ2n) is 4.32. The minimum Gasteiger partial charge on any atom is -0.234 e. The molecule has 0 saturated heterocycles. The van der Waals surface area contributed by atoms with E-state index in [4.69, 9.17) is 0 Å². The van der Waals surface area contributed by atoms with Crippen molar-refractivity contribution in [2.45, 2.75) is 26.3 Å². The predicted octanol–water partition coefficient (Wildman–Crippen LogP) is 2.55. The van der Waals surface area contributed by atoms with Gasteiger partial charge in [-0.05, 0) is 32.9 Å². The summed E-state index contributed by atoms with van der Waals surface area (Å²) in [6, 6.07) is 10.4. The molecule has 1 nitrogen and oxygen atoms in total. The van der Waals surface area contributed by atoms with Gasteiger partial charge >= 0.3 is 0 Å². The Labute approximate surface area is 80.7 Å². The molecule has 0 saturated carbocycles. The zero-order valence-corrected chi connectivity index (χ0v) is 8.91. The maximum absolute atomic E-state index is 2.22. The molecule has 1 rings (SSSR count). The molecule has 0 N–H and O–H groups in total. The fraction of sp³-hybridized carbons (Fsp3) is 0.417. The molecule has 0 fully saturated rings. The van der Waals surface area contributed by atoms with Crippen LogP contribution in [-0.4, -0.2) is 23.4 Å². The van der Waals surface area contributed by atoms with Gasteiger partial charge in [-0.2, -0.15) is 0 Å². The number of benzene rings is 1. The van der Waals surface area contributed by atoms with Crippen LogP contribution in [0.4, 0.5) is 0 Å². The number of nitrogens with zero attached hydrogens (tertiary/aromatic N) is 1. The Bertz CT molecular complexity index is 291. The third-order valence-corrected chi connectivity index (χ3v) is 2.20. The fourth-order valence-electron chi connectivity index (χ4n) is 0.956. The molecule has 70 valence electrons. The average molecular weight is 176 g/mol. The zero-order chi connectivity index (χ0) is 9.90. The summed E-state index contributed by atoms with van der Waals surface area (Å²) in [4.78, 5) is 0. The molecule has 1 heteroatoms. The highest BCUT2D eigenvalue weighted by Gasteiger charge is 2.18. The van der Waals surface area contributed by atoms with E-state index in [2.05, 4.69) is 62.9 Å². The van der Waals surface area contributed by atoms with Crippen LogP contribution in [-0.2, 0) is 0 Å². The first-order chi connectivity index (χ1) is 6.00. The Kier molecular flexibility index (Phi) is 2.86. The fourth-order valence-corrected chi connectivity index (χ4v) is 0.956. The van der Waals surface area contributed by atoms with Crippen molar-refractivity contribution in [3.63, 3.8) is 0 Å². The van der Waals surface area contributed by atoms with E-state index in [1.807, 2.05) is 6.07 Å². The van der Waals surface area contributed by atoms with E-state index >= 15 is 0 Å². The van der Waals surface area contributed by atoms with E-state index < -0.39 is 0 Å². The Morgan fingerprint density at radius 1 is 1.08 bits per heavy atom. The summed E-state index contributed by atoms with van der Waals surface area (Å²) >= 11 is 0. The van der Waals surface area contributed by atoms with E-state index in [0.29, 0.717) is 0 Å². The Morgan fingerprint density at radius 3 is 2.08 bits per heavy atom. The van der Waals surface area contributed by atoms with Crippen molar-refractivity contribution in [1.29, 1.82) is 0 Å². The summed E-state index contributed by atoms with van der Waals surface area (Å²) in [5.41, 5.74) is 1.44. The lowest BCUT2D eigenvalue weighted by molar-refractivity contribution is -0.565. The third-order valence-electron chi connectivity index (χ3n) is 2.20. The summed E-state index contributed by atoms with van der Waals surface area (Å²) < 4.78 is 2.22. The largest absolute Gasteiger partial charge is 0.234 e. The van der Waals surface area contributed by atoms with Crippen molar-refractivity contribution in [2.24, 2.45) is 0 Å². The van der Waals surface area contributed by atoms with Gasteiger partial charge in [-0.3, -0.25) is 0 Å². The van der Waals surface area contributed by atoms with Gasteiger partial charge in [-0.15, -0.1) is 0 Å². The lowest BCUT2D eigenvalue weighted by Gasteiger charge is -2.13. The number of hydrogen-bond acceptors (Lipinski definition) is 0. The zero-order valence-electron chi connectivity index (χ0n) is 8.91. The highest BCUT2D eigenvalue weighted by atomic mass is 15.0. The first kappa shape index (κ1) is 9.97. The Hall–Kier alpha value is -1.11. The normalized spacial score (nSPS) is 13.1. The van der Waals surface area contributed by atoms with E-state index in [-0.39, 0.29) is 5.54 Å². The monoisotopic (exact) mass is 176 g/mol. The molecule has 0 amide bonds. The summed E-state index contributed by atoms with van der Waals surface area (Å²) in [5, 5.41) is 0. The highest BCUT2D eigenvalue weighted by molar-refractivity contribution is 5.75. The molecule has 0 aliphatic rings. The van der Waals surface area contributed by atoms with Crippen LogP contribution in [0.1, 0.15) is 26.3 Å². The smallest absolute Gasteiger partial charge is 0.170 e. The molecule has 0 aliphatic carbocycles. The molecular weight excluding hydrogens is 158 g/mol. The van der Waals surface area contributed by atoms with Crippen molar-refractivity contribution in [1.82, 2.24) is 0 Å². The molecule has 1 aromatic rings. The summed E-state index contributed by atoms with van der Waals surface area (Å²) in [5.74, 6) is 0. The lowest BCUT2D eigenvalue weighted by Crippen LogP contribution is -2.30. The number of hydrogen-bond donors (Lipinski definition) is 0. The quantitative estimate of drug-likeness (QED) is 0.457. The highest BCUT2D eigenvalue weighted by Crippen LogP contribution is 2.05. The van der Waals surface area contributed by atoms with Crippen molar-refractivity contribution < 1.29 is 4.58 Å². The van der Waals surface area contributed by atoms with E-state index in [9.17, 15) is 0 Å². The van der Waals surface area contributed by atoms with Crippen LogP contribution in [0, 0.1) is 0 Å². The van der Waals surface area contributed by atoms with Gasteiger partial charge in [0.2, 0.25) is 0 Å². The topological polar surface area (TPSA) is 3.01 Å². The molecule has 0 aromatic heterocycles. The molecule has 0 aliphatic heterocycles. The average Bonchev–Trinajstić information content (AvgIpc) is 2.04. The molecule has 13 heavy (non-hydrogen) atoms. The van der Waals surface area contributed by atoms with Crippen LogP contribution in [0.2, 0.25) is 0 Å². The Morgan fingerprint density at radius 2 is 1.62 bits per heavy atom. The first-order valence-corrected chi connectivity index (χ1v) is 4.63. The molecule has 0 bridgehead atoms. The van der Waals surface area contributed by atoms with Crippen molar-refractivity contribution in [2.75, 3.05) is 7.05 Å². The van der Waals surface area contributed by atoms with Crippen LogP contribution in [0.5, 0.6) is 0 Å². The van der Waals surface area contributed by atoms with Crippen LogP contribution in [0.15, 0.2) is 30.3 Å². The molecule has 0 radical (unpaired) electrons. The maximum atomic E-state index is 2.22. The second-order valence-corrected chi connectivity index (χ2v) is 4.32. The molecular formula is C12H18N+. The van der Waals surface area contributed by atoms with E-state index in [1.54, 1.807) is 0 Å². The number of rotatable bonds is 1. The molecule has 1 aromatic carbocycles. The van der Waals surface area contributed by atoms with Gasteiger partial charge in [0.05, 0.1) is 0 Å². The maximum Gasteiger partial charge on any atom is 0.170 e. The van der Waals surface area contributed by atoms with Crippen LogP contribution in [0.25, 0.3) is 0 Å². The van der Waals surface area contributed by atoms with E-state index in [0.717, 1.165) is 0 Å². The van der Waals surface area contributed by atoms with Gasteiger partial charge in [0, 0.05) is 5.56 Å². The molecule has 0 atom stereocenters. The van der Waals surface area contributed by atoms with Crippen molar-refractivity contribution >= 4 is 6.21 Å². The standard InChI is InChI=1S/C12H18N/c1-12(2,3)13(4)10-11-8-6-5-7-9-11/h5-10H,1-4H3/q+1/b13-10+. The molecule has 0 spiro atoms. The minimum atomic E-state index is 0.190. The van der Waals surface area contributed by atoms with Gasteiger partial charge in [0.1, 0.15) is 7.05 Å². The van der Waals surface area contributed by atoms with Gasteiger partial charge in [-0.1, -0.05) is 18.2 Å². The summed E-state index contributed by atoms with van der Waals surface area (Å²) in [6.45, 7) is 6.60. The predicted molar refractivity (Wildman–Crippen MR) is 57.5 cm³/mol. The van der Waals surface area contributed by atoms with Gasteiger partial charge in [0.25, 0.3) is 0 Å². The van der Waals surface area contributed by atoms with Crippen LogP contribution >= 0.6 is 0 Å². The summed E-state index contributed by atoms with van der Waals surface area (Å²) in [6.07, 6.45) is 2.17. The third kappa shape index (κ3) is 3.02. The Balaban J connectivity index is 2.90. The SMILES string of the molecule is C/[N+](=C\c1ccccc1)C(C)(C)C.